The Balaban J connectivity index is 1.55. The molecule has 23 heavy (non-hydrogen) atoms. The maximum Gasteiger partial charge on any atom is 0.0738 e. The van der Waals surface area contributed by atoms with Crippen molar-refractivity contribution in [3.63, 3.8) is 0 Å². The Labute approximate surface area is 147 Å². The van der Waals surface area contributed by atoms with Gasteiger partial charge in [0.05, 0.1) is 29.2 Å². The number of halogens is 1. The lowest BCUT2D eigenvalue weighted by atomic mass is 9.45. The molecule has 0 spiro atoms. The van der Waals surface area contributed by atoms with Gasteiger partial charge >= 0.3 is 0 Å². The van der Waals surface area contributed by atoms with Gasteiger partial charge in [-0.05, 0) is 74.5 Å². The van der Waals surface area contributed by atoms with E-state index in [1.165, 1.54) is 12.8 Å². The molecule has 4 aliphatic carbocycles. The van der Waals surface area contributed by atoms with Gasteiger partial charge in [-0.25, -0.2) is 0 Å². The maximum absolute atomic E-state index is 10.6. The summed E-state index contributed by atoms with van der Waals surface area (Å²) in [6.07, 6.45) is 8.55. The fraction of sp³-hybridized carbons (Fsp3) is 1.00. The van der Waals surface area contributed by atoms with Crippen LogP contribution in [0, 0.1) is 28.6 Å². The quantitative estimate of drug-likeness (QED) is 0.630. The van der Waals surface area contributed by atoms with Crippen LogP contribution in [0.15, 0.2) is 0 Å². The summed E-state index contributed by atoms with van der Waals surface area (Å²) in [5, 5.41) is 20.8. The standard InChI is InChI=1S/C19H29BrO3/c1-17-6-5-14-12(13(17)2-3-15(17)22)8-16-19(20)9-11(21)4-7-18(14,19)10-23-16/h11-16,21-22H,2-10H2,1H3/t11-,12+,13-,14+,15-,16+,17-,18+,19?/m0/s1. The van der Waals surface area contributed by atoms with E-state index >= 15 is 0 Å². The van der Waals surface area contributed by atoms with E-state index in [9.17, 15) is 10.2 Å². The third-order valence-electron chi connectivity index (χ3n) is 8.92. The van der Waals surface area contributed by atoms with Gasteiger partial charge in [0.1, 0.15) is 0 Å². The molecule has 0 aromatic carbocycles. The summed E-state index contributed by atoms with van der Waals surface area (Å²) in [6.45, 7) is 3.22. The minimum atomic E-state index is -0.176. The van der Waals surface area contributed by atoms with Crippen LogP contribution >= 0.6 is 15.9 Å². The highest BCUT2D eigenvalue weighted by atomic mass is 79.9. The van der Waals surface area contributed by atoms with E-state index in [-0.39, 0.29) is 33.5 Å². The second-order valence-electron chi connectivity index (χ2n) is 9.47. The average Bonchev–Trinajstić information content (AvgIpc) is 2.88. The van der Waals surface area contributed by atoms with E-state index in [0.717, 1.165) is 45.1 Å². The molecule has 0 radical (unpaired) electrons. The van der Waals surface area contributed by atoms with Gasteiger partial charge in [0.2, 0.25) is 0 Å². The Hall–Kier alpha value is 0.360. The molecule has 5 aliphatic rings. The van der Waals surface area contributed by atoms with Crippen LogP contribution in [0.25, 0.3) is 0 Å². The Morgan fingerprint density at radius 1 is 1.04 bits per heavy atom. The molecule has 3 nitrogen and oxygen atoms in total. The van der Waals surface area contributed by atoms with Crippen molar-refractivity contribution < 1.29 is 14.9 Å². The summed E-state index contributed by atoms with van der Waals surface area (Å²) in [5.74, 6) is 2.08. The second-order valence-corrected chi connectivity index (χ2v) is 10.9. The summed E-state index contributed by atoms with van der Waals surface area (Å²) in [7, 11) is 0. The lowest BCUT2D eigenvalue weighted by Crippen LogP contribution is -2.63. The van der Waals surface area contributed by atoms with Crippen molar-refractivity contribution in [2.24, 2.45) is 28.6 Å². The first-order valence-electron chi connectivity index (χ1n) is 9.57. The summed E-state index contributed by atoms with van der Waals surface area (Å²) in [4.78, 5) is 0. The lowest BCUT2D eigenvalue weighted by Gasteiger charge is -2.62. The zero-order valence-corrected chi connectivity index (χ0v) is 15.6. The molecule has 0 aromatic heterocycles. The van der Waals surface area contributed by atoms with Gasteiger partial charge in [-0.2, -0.15) is 0 Å². The zero-order valence-electron chi connectivity index (χ0n) is 14.0. The third-order valence-corrected chi connectivity index (χ3v) is 10.5. The zero-order chi connectivity index (χ0) is 16.0. The molecule has 2 bridgehead atoms. The summed E-state index contributed by atoms with van der Waals surface area (Å²) in [6, 6.07) is 0. The van der Waals surface area contributed by atoms with Gasteiger partial charge in [-0.15, -0.1) is 0 Å². The van der Waals surface area contributed by atoms with Gasteiger partial charge in [0, 0.05) is 5.41 Å². The average molecular weight is 385 g/mol. The highest BCUT2D eigenvalue weighted by Gasteiger charge is 2.72. The molecule has 130 valence electrons. The molecular weight excluding hydrogens is 356 g/mol. The predicted octanol–water partition coefficient (Wildman–Crippen LogP) is 3.26. The summed E-state index contributed by atoms with van der Waals surface area (Å²) < 4.78 is 6.34. The third kappa shape index (κ3) is 1.72. The van der Waals surface area contributed by atoms with Crippen molar-refractivity contribution in [3.8, 4) is 0 Å². The lowest BCUT2D eigenvalue weighted by molar-refractivity contribution is -0.112. The number of rotatable bonds is 0. The van der Waals surface area contributed by atoms with E-state index in [0.29, 0.717) is 17.8 Å². The minimum Gasteiger partial charge on any atom is -0.393 e. The summed E-state index contributed by atoms with van der Waals surface area (Å²) >= 11 is 4.12. The second kappa shape index (κ2) is 4.75. The first-order chi connectivity index (χ1) is 10.9. The van der Waals surface area contributed by atoms with Crippen LogP contribution < -0.4 is 0 Å². The molecule has 4 heteroatoms. The Morgan fingerprint density at radius 2 is 1.87 bits per heavy atom. The van der Waals surface area contributed by atoms with Crippen LogP contribution in [-0.2, 0) is 4.74 Å². The van der Waals surface area contributed by atoms with Crippen LogP contribution in [0.2, 0.25) is 0 Å². The fourth-order valence-electron chi connectivity index (χ4n) is 7.68. The Kier molecular flexibility index (Phi) is 3.22. The van der Waals surface area contributed by atoms with Gasteiger partial charge in [-0.3, -0.25) is 0 Å². The molecular formula is C19H29BrO3. The normalized spacial score (nSPS) is 64.2. The van der Waals surface area contributed by atoms with E-state index in [1.54, 1.807) is 0 Å². The number of alkyl halides is 1. The molecule has 1 aliphatic heterocycles. The largest absolute Gasteiger partial charge is 0.393 e. The SMILES string of the molecule is C[C@]12CC[C@@H]3[C@H](C[C@H]4OC[C@]35CC[C@H](O)CC45Br)[C@@H]1CC[C@@H]2O. The van der Waals surface area contributed by atoms with Crippen LogP contribution in [0.3, 0.4) is 0 Å². The fourth-order valence-corrected chi connectivity index (χ4v) is 8.98. The summed E-state index contributed by atoms with van der Waals surface area (Å²) in [5.41, 5.74) is 0.354. The van der Waals surface area contributed by atoms with Crippen LogP contribution in [-0.4, -0.2) is 39.5 Å². The van der Waals surface area contributed by atoms with Crippen molar-refractivity contribution >= 4 is 15.9 Å². The highest BCUT2D eigenvalue weighted by molar-refractivity contribution is 9.10. The molecule has 1 heterocycles. The van der Waals surface area contributed by atoms with Crippen LogP contribution in [0.5, 0.6) is 0 Å². The van der Waals surface area contributed by atoms with E-state index < -0.39 is 0 Å². The maximum atomic E-state index is 10.6. The highest BCUT2D eigenvalue weighted by Crippen LogP contribution is 2.72. The number of hydrogen-bond donors (Lipinski definition) is 2. The molecule has 0 amide bonds. The van der Waals surface area contributed by atoms with Crippen molar-refractivity contribution in [2.75, 3.05) is 6.61 Å². The predicted molar refractivity (Wildman–Crippen MR) is 91.4 cm³/mol. The topological polar surface area (TPSA) is 49.7 Å². The van der Waals surface area contributed by atoms with Gasteiger partial charge < -0.3 is 14.9 Å². The van der Waals surface area contributed by atoms with Crippen molar-refractivity contribution in [2.45, 2.75) is 80.9 Å². The van der Waals surface area contributed by atoms with Crippen LogP contribution in [0.4, 0.5) is 0 Å². The number of hydrogen-bond acceptors (Lipinski definition) is 3. The Bertz CT molecular complexity index is 527. The molecule has 4 saturated carbocycles. The number of ether oxygens (including phenoxy) is 1. The van der Waals surface area contributed by atoms with Gasteiger partial charge in [0.15, 0.2) is 0 Å². The molecule has 5 fully saturated rings. The number of aliphatic hydroxyl groups excluding tert-OH is 2. The van der Waals surface area contributed by atoms with E-state index in [2.05, 4.69) is 22.9 Å². The molecule has 9 atom stereocenters. The molecule has 2 N–H and O–H groups in total. The first kappa shape index (κ1) is 15.6. The molecule has 1 saturated heterocycles. The number of fused-ring (bicyclic) bond motifs is 3. The smallest absolute Gasteiger partial charge is 0.0738 e. The van der Waals surface area contributed by atoms with Crippen molar-refractivity contribution in [1.29, 1.82) is 0 Å². The van der Waals surface area contributed by atoms with E-state index in [1.807, 2.05) is 0 Å². The molecule has 1 unspecified atom stereocenters. The van der Waals surface area contributed by atoms with Crippen molar-refractivity contribution in [3.05, 3.63) is 0 Å². The first-order valence-corrected chi connectivity index (χ1v) is 10.4. The van der Waals surface area contributed by atoms with Gasteiger partial charge in [-0.1, -0.05) is 22.9 Å². The minimum absolute atomic E-state index is 0.0101. The van der Waals surface area contributed by atoms with E-state index in [4.69, 9.17) is 4.74 Å². The Morgan fingerprint density at radius 3 is 2.70 bits per heavy atom. The number of aliphatic hydroxyl groups is 2. The van der Waals surface area contributed by atoms with Crippen molar-refractivity contribution in [1.82, 2.24) is 0 Å². The van der Waals surface area contributed by atoms with Gasteiger partial charge in [0.25, 0.3) is 0 Å². The molecule has 5 rings (SSSR count). The molecule has 0 aromatic rings. The van der Waals surface area contributed by atoms with Crippen LogP contribution in [0.1, 0.15) is 58.3 Å². The monoisotopic (exact) mass is 384 g/mol.